The number of nitrogens with two attached hydrogens (primary N) is 1. The molecule has 1 aliphatic rings. The molecule has 1 atom stereocenters. The van der Waals surface area contributed by atoms with Crippen LogP contribution in [-0.4, -0.2) is 49.7 Å². The Morgan fingerprint density at radius 3 is 2.80 bits per heavy atom. The minimum absolute atomic E-state index is 0. The number of sulfonamides is 1. The van der Waals surface area contributed by atoms with Crippen molar-refractivity contribution >= 4 is 34.0 Å². The lowest BCUT2D eigenvalue weighted by atomic mass is 9.99. The Kier molecular flexibility index (Phi) is 7.74. The van der Waals surface area contributed by atoms with Crippen LogP contribution in [-0.2, 0) is 14.8 Å². The average Bonchev–Trinajstić information content (AvgIpc) is 2.59. The van der Waals surface area contributed by atoms with Crippen LogP contribution < -0.4 is 11.1 Å². The number of amides is 1. The topological polar surface area (TPSA) is 136 Å². The Morgan fingerprint density at radius 2 is 2.16 bits per heavy atom. The lowest BCUT2D eigenvalue weighted by Gasteiger charge is -2.31. The van der Waals surface area contributed by atoms with E-state index in [0.29, 0.717) is 25.9 Å². The number of halogens is 1. The third kappa shape index (κ3) is 5.11. The molecule has 3 N–H and O–H groups in total. The SMILES string of the molecule is Cl.NCCNC(=O)C1CCCN(S(=O)(=O)c2cccc([N+](=O)[O-])c2)C1. The molecule has 1 heterocycles. The third-order valence-electron chi connectivity index (χ3n) is 3.86. The van der Waals surface area contributed by atoms with Crippen molar-refractivity contribution in [3.05, 3.63) is 34.4 Å². The molecule has 2 rings (SSSR count). The largest absolute Gasteiger partial charge is 0.355 e. The Morgan fingerprint density at radius 1 is 1.44 bits per heavy atom. The van der Waals surface area contributed by atoms with Crippen LogP contribution in [0.4, 0.5) is 5.69 Å². The predicted octanol–water partition coefficient (Wildman–Crippen LogP) is 0.492. The first-order valence-electron chi connectivity index (χ1n) is 7.58. The molecule has 25 heavy (non-hydrogen) atoms. The zero-order valence-corrected chi connectivity index (χ0v) is 15.1. The molecule has 1 aliphatic heterocycles. The van der Waals surface area contributed by atoms with Gasteiger partial charge >= 0.3 is 0 Å². The van der Waals surface area contributed by atoms with Crippen LogP contribution in [0.2, 0.25) is 0 Å². The fraction of sp³-hybridized carbons (Fsp3) is 0.500. The van der Waals surface area contributed by atoms with Crippen LogP contribution in [0.1, 0.15) is 12.8 Å². The summed E-state index contributed by atoms with van der Waals surface area (Å²) in [6, 6.07) is 4.92. The summed E-state index contributed by atoms with van der Waals surface area (Å²) in [5.41, 5.74) is 5.05. The number of piperidine rings is 1. The summed E-state index contributed by atoms with van der Waals surface area (Å²) in [5.74, 6) is -0.668. The summed E-state index contributed by atoms with van der Waals surface area (Å²) in [5, 5.41) is 13.5. The Labute approximate surface area is 152 Å². The molecule has 1 aromatic carbocycles. The van der Waals surface area contributed by atoms with Gasteiger partial charge in [0.25, 0.3) is 5.69 Å². The molecule has 11 heteroatoms. The number of hydrogen-bond acceptors (Lipinski definition) is 6. The van der Waals surface area contributed by atoms with Crippen LogP contribution in [0.5, 0.6) is 0 Å². The Bertz CT molecular complexity index is 728. The van der Waals surface area contributed by atoms with Crippen molar-refractivity contribution in [1.82, 2.24) is 9.62 Å². The molecular formula is C14H21ClN4O5S. The number of nitrogens with one attached hydrogen (secondary N) is 1. The molecule has 0 bridgehead atoms. The molecule has 0 saturated carbocycles. The van der Waals surface area contributed by atoms with Gasteiger partial charge in [0.1, 0.15) is 0 Å². The fourth-order valence-electron chi connectivity index (χ4n) is 2.62. The number of hydrogen-bond donors (Lipinski definition) is 2. The van der Waals surface area contributed by atoms with Crippen molar-refractivity contribution in [3.8, 4) is 0 Å². The molecule has 0 spiro atoms. The summed E-state index contributed by atoms with van der Waals surface area (Å²) in [4.78, 5) is 22.1. The van der Waals surface area contributed by atoms with Gasteiger partial charge in [-0.05, 0) is 18.9 Å². The highest BCUT2D eigenvalue weighted by molar-refractivity contribution is 7.89. The summed E-state index contributed by atoms with van der Waals surface area (Å²) < 4.78 is 26.6. The van der Waals surface area contributed by atoms with E-state index in [1.165, 1.54) is 22.5 Å². The predicted molar refractivity (Wildman–Crippen MR) is 93.9 cm³/mol. The van der Waals surface area contributed by atoms with Crippen LogP contribution in [0.3, 0.4) is 0 Å². The first-order valence-corrected chi connectivity index (χ1v) is 9.02. The minimum atomic E-state index is -3.88. The smallest absolute Gasteiger partial charge is 0.270 e. The molecule has 1 saturated heterocycles. The molecule has 1 fully saturated rings. The number of nitro benzene ring substituents is 1. The van der Waals surface area contributed by atoms with E-state index in [1.54, 1.807) is 0 Å². The zero-order valence-electron chi connectivity index (χ0n) is 13.5. The number of carbonyl (C=O) groups is 1. The lowest BCUT2D eigenvalue weighted by Crippen LogP contribution is -2.46. The summed E-state index contributed by atoms with van der Waals surface area (Å²) >= 11 is 0. The second kappa shape index (κ2) is 9.09. The van der Waals surface area contributed by atoms with Crippen molar-refractivity contribution in [3.63, 3.8) is 0 Å². The molecule has 9 nitrogen and oxygen atoms in total. The number of nitrogens with zero attached hydrogens (tertiary/aromatic N) is 2. The highest BCUT2D eigenvalue weighted by Gasteiger charge is 2.33. The maximum absolute atomic E-state index is 12.7. The van der Waals surface area contributed by atoms with Gasteiger partial charge in [-0.25, -0.2) is 8.42 Å². The highest BCUT2D eigenvalue weighted by Crippen LogP contribution is 2.25. The van der Waals surface area contributed by atoms with Gasteiger partial charge in [-0.1, -0.05) is 6.07 Å². The van der Waals surface area contributed by atoms with Crippen molar-refractivity contribution in [2.45, 2.75) is 17.7 Å². The van der Waals surface area contributed by atoms with Gasteiger partial charge in [0, 0.05) is 38.3 Å². The standard InChI is InChI=1S/C14H20N4O5S.ClH/c15-6-7-16-14(19)11-3-2-8-17(10-11)24(22,23)13-5-1-4-12(9-13)18(20)21;/h1,4-5,9,11H,2-3,6-8,10,15H2,(H,16,19);1H. The number of carbonyl (C=O) groups excluding carboxylic acids is 1. The highest BCUT2D eigenvalue weighted by atomic mass is 35.5. The van der Waals surface area contributed by atoms with Gasteiger partial charge in [0.2, 0.25) is 15.9 Å². The monoisotopic (exact) mass is 392 g/mol. The fourth-order valence-corrected chi connectivity index (χ4v) is 4.19. The minimum Gasteiger partial charge on any atom is -0.355 e. The van der Waals surface area contributed by atoms with E-state index in [9.17, 15) is 23.3 Å². The van der Waals surface area contributed by atoms with Crippen LogP contribution in [0.15, 0.2) is 29.2 Å². The lowest BCUT2D eigenvalue weighted by molar-refractivity contribution is -0.385. The van der Waals surface area contributed by atoms with Crippen molar-refractivity contribution in [2.75, 3.05) is 26.2 Å². The number of benzene rings is 1. The van der Waals surface area contributed by atoms with Crippen molar-refractivity contribution in [2.24, 2.45) is 11.7 Å². The van der Waals surface area contributed by atoms with Gasteiger partial charge in [-0.15, -0.1) is 12.4 Å². The molecule has 1 aromatic rings. The summed E-state index contributed by atoms with van der Waals surface area (Å²) in [6.45, 7) is 0.994. The first kappa shape index (κ1) is 21.3. The van der Waals surface area contributed by atoms with Crippen molar-refractivity contribution in [1.29, 1.82) is 0 Å². The molecule has 0 aliphatic carbocycles. The molecule has 1 unspecified atom stereocenters. The number of rotatable bonds is 6. The first-order chi connectivity index (χ1) is 11.4. The molecule has 0 aromatic heterocycles. The van der Waals surface area contributed by atoms with Crippen LogP contribution in [0.25, 0.3) is 0 Å². The second-order valence-corrected chi connectivity index (χ2v) is 7.47. The molecular weight excluding hydrogens is 372 g/mol. The van der Waals surface area contributed by atoms with E-state index in [4.69, 9.17) is 5.73 Å². The van der Waals surface area contributed by atoms with E-state index in [-0.39, 0.29) is 42.0 Å². The quantitative estimate of drug-likeness (QED) is 0.534. The van der Waals surface area contributed by atoms with Crippen LogP contribution >= 0.6 is 12.4 Å². The van der Waals surface area contributed by atoms with E-state index in [1.807, 2.05) is 0 Å². The molecule has 1 amide bonds. The van der Waals surface area contributed by atoms with Gasteiger partial charge in [0.05, 0.1) is 15.7 Å². The van der Waals surface area contributed by atoms with Crippen molar-refractivity contribution < 1.29 is 18.1 Å². The van der Waals surface area contributed by atoms with Gasteiger partial charge in [0.15, 0.2) is 0 Å². The number of nitro groups is 1. The van der Waals surface area contributed by atoms with Gasteiger partial charge in [-0.2, -0.15) is 4.31 Å². The van der Waals surface area contributed by atoms with Gasteiger partial charge in [-0.3, -0.25) is 14.9 Å². The van der Waals surface area contributed by atoms with E-state index in [0.717, 1.165) is 6.07 Å². The average molecular weight is 393 g/mol. The third-order valence-corrected chi connectivity index (χ3v) is 5.73. The number of non-ortho nitro benzene ring substituents is 1. The zero-order chi connectivity index (χ0) is 17.7. The maximum atomic E-state index is 12.7. The summed E-state index contributed by atoms with van der Waals surface area (Å²) in [6.07, 6.45) is 1.15. The maximum Gasteiger partial charge on any atom is 0.270 e. The second-order valence-electron chi connectivity index (χ2n) is 5.54. The van der Waals surface area contributed by atoms with Gasteiger partial charge < -0.3 is 11.1 Å². The Hall–Kier alpha value is -1.75. The van der Waals surface area contributed by atoms with Crippen LogP contribution in [0, 0.1) is 16.0 Å². The Balaban J connectivity index is 0.00000312. The molecule has 0 radical (unpaired) electrons. The van der Waals surface area contributed by atoms with E-state index >= 15 is 0 Å². The van der Waals surface area contributed by atoms with E-state index < -0.39 is 20.9 Å². The molecule has 140 valence electrons. The van der Waals surface area contributed by atoms with E-state index in [2.05, 4.69) is 5.32 Å². The summed E-state index contributed by atoms with van der Waals surface area (Å²) in [7, 11) is -3.88. The normalized spacial score (nSPS) is 18.2.